The molecule has 0 saturated carbocycles. The highest BCUT2D eigenvalue weighted by atomic mass is 32.2. The minimum Gasteiger partial charge on any atom is -0.334 e. The van der Waals surface area contributed by atoms with Crippen molar-refractivity contribution in [3.05, 3.63) is 101 Å². The zero-order chi connectivity index (χ0) is 23.9. The van der Waals surface area contributed by atoms with Crippen molar-refractivity contribution in [3.63, 3.8) is 0 Å². The molecule has 0 bridgehead atoms. The zero-order valence-electron chi connectivity index (χ0n) is 19.3. The van der Waals surface area contributed by atoms with E-state index in [4.69, 9.17) is 4.99 Å². The second kappa shape index (κ2) is 8.91. The number of hydrogen-bond acceptors (Lipinski definition) is 6. The van der Waals surface area contributed by atoms with Crippen LogP contribution in [0.15, 0.2) is 105 Å². The fraction of sp³-hybridized carbons (Fsp3) is 0.107. The van der Waals surface area contributed by atoms with Gasteiger partial charge in [-0.15, -0.1) is 0 Å². The molecule has 2 aliphatic rings. The van der Waals surface area contributed by atoms with Crippen molar-refractivity contribution in [1.82, 2.24) is 4.98 Å². The topological polar surface area (TPSA) is 48.8 Å². The normalized spacial score (nSPS) is 18.7. The minimum atomic E-state index is -0.0458. The van der Waals surface area contributed by atoms with E-state index in [1.165, 1.54) is 16.7 Å². The molecule has 1 fully saturated rings. The SMILES string of the molecule is CCN1/C(=C2/SC(=Nc3ccc4ncccc4c3)N(c3cccc(C)c3)C2=O)Sc2ccccc21. The minimum absolute atomic E-state index is 0.0458. The third kappa shape index (κ3) is 3.90. The number of rotatable bonds is 3. The highest BCUT2D eigenvalue weighted by molar-refractivity contribution is 8.20. The zero-order valence-corrected chi connectivity index (χ0v) is 20.9. The summed E-state index contributed by atoms with van der Waals surface area (Å²) < 4.78 is 0. The summed E-state index contributed by atoms with van der Waals surface area (Å²) in [6, 6.07) is 26.2. The summed E-state index contributed by atoms with van der Waals surface area (Å²) in [4.78, 5) is 29.1. The fourth-order valence-electron chi connectivity index (χ4n) is 4.33. The maximum absolute atomic E-state index is 13.9. The summed E-state index contributed by atoms with van der Waals surface area (Å²) in [5.74, 6) is -0.0458. The van der Waals surface area contributed by atoms with Gasteiger partial charge >= 0.3 is 0 Å². The first kappa shape index (κ1) is 21.9. The first-order valence-electron chi connectivity index (χ1n) is 11.4. The molecule has 1 amide bonds. The summed E-state index contributed by atoms with van der Waals surface area (Å²) in [6.07, 6.45) is 1.79. The lowest BCUT2D eigenvalue weighted by atomic mass is 10.2. The monoisotopic (exact) mass is 494 g/mol. The van der Waals surface area contributed by atoms with Crippen LogP contribution in [0.5, 0.6) is 0 Å². The molecule has 6 rings (SSSR count). The smallest absolute Gasteiger partial charge is 0.274 e. The molecule has 35 heavy (non-hydrogen) atoms. The molecule has 3 aromatic carbocycles. The third-order valence-electron chi connectivity index (χ3n) is 5.97. The van der Waals surface area contributed by atoms with Crippen LogP contribution < -0.4 is 9.80 Å². The number of carbonyl (C=O) groups is 1. The number of amidine groups is 1. The van der Waals surface area contributed by atoms with Crippen LogP contribution in [-0.4, -0.2) is 22.6 Å². The highest BCUT2D eigenvalue weighted by Crippen LogP contribution is 2.51. The van der Waals surface area contributed by atoms with Crippen LogP contribution in [0.2, 0.25) is 0 Å². The van der Waals surface area contributed by atoms with Crippen molar-refractivity contribution in [1.29, 1.82) is 0 Å². The number of aryl methyl sites for hydroxylation is 1. The Morgan fingerprint density at radius 3 is 2.69 bits per heavy atom. The fourth-order valence-corrected chi connectivity index (χ4v) is 6.73. The van der Waals surface area contributed by atoms with Crippen molar-refractivity contribution in [2.45, 2.75) is 18.7 Å². The number of aromatic nitrogens is 1. The van der Waals surface area contributed by atoms with E-state index >= 15 is 0 Å². The number of fused-ring (bicyclic) bond motifs is 2. The van der Waals surface area contributed by atoms with E-state index in [1.807, 2.05) is 73.7 Å². The van der Waals surface area contributed by atoms with Crippen molar-refractivity contribution in [3.8, 4) is 0 Å². The summed E-state index contributed by atoms with van der Waals surface area (Å²) in [6.45, 7) is 4.93. The van der Waals surface area contributed by atoms with Crippen molar-refractivity contribution >= 4 is 62.6 Å². The molecule has 4 aromatic rings. The van der Waals surface area contributed by atoms with Crippen molar-refractivity contribution < 1.29 is 4.79 Å². The Kier molecular flexibility index (Phi) is 5.59. The van der Waals surface area contributed by atoms with Crippen molar-refractivity contribution in [2.24, 2.45) is 4.99 Å². The van der Waals surface area contributed by atoms with Gasteiger partial charge in [0.2, 0.25) is 0 Å². The van der Waals surface area contributed by atoms with Gasteiger partial charge in [0.1, 0.15) is 9.93 Å². The Labute approximate surface area is 212 Å². The van der Waals surface area contributed by atoms with Crippen LogP contribution in [0.1, 0.15) is 12.5 Å². The Balaban J connectivity index is 1.48. The van der Waals surface area contributed by atoms with Crippen LogP contribution in [0.3, 0.4) is 0 Å². The maximum Gasteiger partial charge on any atom is 0.274 e. The molecule has 3 heterocycles. The highest BCUT2D eigenvalue weighted by Gasteiger charge is 2.40. The average Bonchev–Trinajstić information content (AvgIpc) is 3.40. The molecular formula is C28H22N4OS2. The van der Waals surface area contributed by atoms with Gasteiger partial charge in [-0.2, -0.15) is 0 Å². The lowest BCUT2D eigenvalue weighted by molar-refractivity contribution is -0.113. The Morgan fingerprint density at radius 1 is 0.943 bits per heavy atom. The summed E-state index contributed by atoms with van der Waals surface area (Å²) in [5.41, 5.74) is 4.77. The third-order valence-corrected chi connectivity index (χ3v) is 8.31. The van der Waals surface area contributed by atoms with Gasteiger partial charge in [-0.05, 0) is 79.7 Å². The van der Waals surface area contributed by atoms with E-state index in [9.17, 15) is 4.79 Å². The quantitative estimate of drug-likeness (QED) is 0.284. The van der Waals surface area contributed by atoms with E-state index < -0.39 is 0 Å². The van der Waals surface area contributed by atoms with Crippen LogP contribution in [0.25, 0.3) is 10.9 Å². The van der Waals surface area contributed by atoms with Crippen LogP contribution in [0, 0.1) is 6.92 Å². The van der Waals surface area contributed by atoms with Crippen LogP contribution >= 0.6 is 23.5 Å². The number of anilines is 2. The molecule has 7 heteroatoms. The van der Waals surface area contributed by atoms with Gasteiger partial charge in [0.25, 0.3) is 5.91 Å². The molecule has 0 atom stereocenters. The molecule has 0 radical (unpaired) electrons. The van der Waals surface area contributed by atoms with Gasteiger partial charge in [0, 0.05) is 23.0 Å². The lowest BCUT2D eigenvalue weighted by Gasteiger charge is -2.19. The van der Waals surface area contributed by atoms with Gasteiger partial charge in [0.15, 0.2) is 5.17 Å². The van der Waals surface area contributed by atoms with Crippen molar-refractivity contribution in [2.75, 3.05) is 16.3 Å². The first-order valence-corrected chi connectivity index (χ1v) is 13.1. The summed E-state index contributed by atoms with van der Waals surface area (Å²) in [5, 5.41) is 2.64. The van der Waals surface area contributed by atoms with E-state index in [-0.39, 0.29) is 5.91 Å². The van der Waals surface area contributed by atoms with Gasteiger partial charge in [0.05, 0.1) is 22.6 Å². The number of carbonyl (C=O) groups excluding carboxylic acids is 1. The molecule has 0 unspecified atom stereocenters. The number of nitrogens with zero attached hydrogens (tertiary/aromatic N) is 4. The molecule has 1 saturated heterocycles. The number of hydrogen-bond donors (Lipinski definition) is 0. The number of para-hydroxylation sites is 1. The molecule has 0 aliphatic carbocycles. The predicted molar refractivity (Wildman–Crippen MR) is 147 cm³/mol. The molecule has 5 nitrogen and oxygen atoms in total. The Hall–Kier alpha value is -3.55. The van der Waals surface area contributed by atoms with E-state index in [2.05, 4.69) is 28.9 Å². The molecule has 0 N–H and O–H groups in total. The van der Waals surface area contributed by atoms with E-state index in [0.29, 0.717) is 10.1 Å². The Bertz CT molecular complexity index is 1550. The van der Waals surface area contributed by atoms with Gasteiger partial charge < -0.3 is 4.90 Å². The summed E-state index contributed by atoms with van der Waals surface area (Å²) in [7, 11) is 0. The lowest BCUT2D eigenvalue weighted by Crippen LogP contribution is -2.29. The molecule has 172 valence electrons. The van der Waals surface area contributed by atoms with E-state index in [0.717, 1.165) is 45.1 Å². The standard InChI is InChI=1S/C28H22N4OS2/c1-3-31-23-11-4-5-12-24(23)34-27(31)25-26(33)32(21-10-6-8-18(2)16-21)28(35-25)30-20-13-14-22-19(17-20)9-7-15-29-22/h4-17H,3H2,1-2H3/b27-25-,30-28?. The number of benzene rings is 3. The molecule has 0 spiro atoms. The first-order chi connectivity index (χ1) is 17.1. The number of pyridine rings is 1. The van der Waals surface area contributed by atoms with Gasteiger partial charge in [-0.25, -0.2) is 4.99 Å². The predicted octanol–water partition coefficient (Wildman–Crippen LogP) is 7.11. The van der Waals surface area contributed by atoms with Crippen LogP contribution in [0.4, 0.5) is 17.1 Å². The van der Waals surface area contributed by atoms with Gasteiger partial charge in [-0.3, -0.25) is 14.7 Å². The van der Waals surface area contributed by atoms with E-state index in [1.54, 1.807) is 22.9 Å². The number of aliphatic imine (C=N–C) groups is 1. The maximum atomic E-state index is 13.9. The molecule has 1 aromatic heterocycles. The van der Waals surface area contributed by atoms with Gasteiger partial charge in [-0.1, -0.05) is 42.1 Å². The summed E-state index contributed by atoms with van der Waals surface area (Å²) >= 11 is 3.10. The molecular weight excluding hydrogens is 472 g/mol. The largest absolute Gasteiger partial charge is 0.334 e. The number of amides is 1. The second-order valence-electron chi connectivity index (χ2n) is 8.30. The Morgan fingerprint density at radius 2 is 1.83 bits per heavy atom. The second-order valence-corrected chi connectivity index (χ2v) is 10.3. The van der Waals surface area contributed by atoms with Crippen LogP contribution in [-0.2, 0) is 4.79 Å². The average molecular weight is 495 g/mol. The molecule has 2 aliphatic heterocycles. The number of thioether (sulfide) groups is 2.